The second-order valence-corrected chi connectivity index (χ2v) is 6.58. The number of benzene rings is 1. The van der Waals surface area contributed by atoms with Crippen molar-refractivity contribution in [2.75, 3.05) is 0 Å². The number of carboxylic acids is 1. The minimum atomic E-state index is -0.941. The molecule has 0 saturated heterocycles. The maximum absolute atomic E-state index is 12.4. The Balaban J connectivity index is 2.09. The maximum atomic E-state index is 12.4. The summed E-state index contributed by atoms with van der Waals surface area (Å²) in [5.74, 6) is 0.211. The lowest BCUT2D eigenvalue weighted by molar-refractivity contribution is -0.137. The quantitative estimate of drug-likeness (QED) is 0.747. The summed E-state index contributed by atoms with van der Waals surface area (Å²) in [6.07, 6.45) is -0.111. The molecular weight excluding hydrogens is 328 g/mol. The van der Waals surface area contributed by atoms with Gasteiger partial charge in [0, 0.05) is 22.3 Å². The van der Waals surface area contributed by atoms with E-state index >= 15 is 0 Å². The van der Waals surface area contributed by atoms with Crippen molar-refractivity contribution in [3.8, 4) is 0 Å². The van der Waals surface area contributed by atoms with E-state index in [0.717, 1.165) is 21.9 Å². The monoisotopic (exact) mass is 348 g/mol. The van der Waals surface area contributed by atoms with Gasteiger partial charge < -0.3 is 14.9 Å². The van der Waals surface area contributed by atoms with Crippen LogP contribution in [0.5, 0.6) is 0 Å². The summed E-state index contributed by atoms with van der Waals surface area (Å²) >= 11 is 1.53. The van der Waals surface area contributed by atoms with Gasteiger partial charge in [0.2, 0.25) is 0 Å². The number of carboxylic acid groups (broad SMARTS) is 1. The largest absolute Gasteiger partial charge is 0.481 e. The summed E-state index contributed by atoms with van der Waals surface area (Å²) in [5.41, 5.74) is 2.40. The van der Waals surface area contributed by atoms with Gasteiger partial charge in [-0.05, 0) is 32.9 Å². The van der Waals surface area contributed by atoms with E-state index in [2.05, 4.69) is 10.5 Å². The lowest BCUT2D eigenvalue weighted by Crippen LogP contribution is -2.34. The molecule has 1 heterocycles. The van der Waals surface area contributed by atoms with E-state index in [0.29, 0.717) is 11.3 Å². The topological polar surface area (TPSA) is 92.4 Å². The maximum Gasteiger partial charge on any atom is 0.305 e. The number of hydrogen-bond donors (Lipinski definition) is 2. The van der Waals surface area contributed by atoms with Gasteiger partial charge in [0.05, 0.1) is 17.7 Å². The average molecular weight is 348 g/mol. The number of hydrogen-bond acceptors (Lipinski definition) is 5. The van der Waals surface area contributed by atoms with Gasteiger partial charge >= 0.3 is 5.97 Å². The summed E-state index contributed by atoms with van der Waals surface area (Å²) in [4.78, 5) is 24.0. The molecule has 24 heavy (non-hydrogen) atoms. The summed E-state index contributed by atoms with van der Waals surface area (Å²) in [6, 6.07) is 6.83. The van der Waals surface area contributed by atoms with Gasteiger partial charge in [-0.25, -0.2) is 0 Å². The second kappa shape index (κ2) is 8.01. The lowest BCUT2D eigenvalue weighted by atomic mass is 10.2. The van der Waals surface area contributed by atoms with Crippen LogP contribution in [0, 0.1) is 13.8 Å². The zero-order valence-corrected chi connectivity index (χ0v) is 14.6. The molecule has 0 aliphatic heterocycles. The van der Waals surface area contributed by atoms with Crippen LogP contribution in [-0.4, -0.2) is 28.2 Å². The van der Waals surface area contributed by atoms with Crippen molar-refractivity contribution < 1.29 is 19.2 Å². The first kappa shape index (κ1) is 18.1. The Bertz CT molecular complexity index is 722. The summed E-state index contributed by atoms with van der Waals surface area (Å²) in [6.45, 7) is 5.42. The number of thioether (sulfide) groups is 1. The molecule has 1 atom stereocenters. The number of aryl methyl sites for hydroxylation is 2. The van der Waals surface area contributed by atoms with Gasteiger partial charge in [-0.1, -0.05) is 17.3 Å². The molecule has 1 aromatic heterocycles. The molecule has 1 unspecified atom stereocenters. The highest BCUT2D eigenvalue weighted by Gasteiger charge is 2.17. The van der Waals surface area contributed by atoms with Gasteiger partial charge in [-0.3, -0.25) is 9.59 Å². The summed E-state index contributed by atoms with van der Waals surface area (Å²) < 4.78 is 5.15. The van der Waals surface area contributed by atoms with Crippen molar-refractivity contribution in [3.63, 3.8) is 0 Å². The Labute approximate surface area is 144 Å². The van der Waals surface area contributed by atoms with Crippen molar-refractivity contribution in [1.82, 2.24) is 10.5 Å². The molecule has 0 radical (unpaired) electrons. The Morgan fingerprint density at radius 1 is 1.33 bits per heavy atom. The molecule has 0 saturated carbocycles. The van der Waals surface area contributed by atoms with Crippen molar-refractivity contribution >= 4 is 23.6 Å². The molecule has 0 aliphatic rings. The van der Waals surface area contributed by atoms with E-state index in [1.54, 1.807) is 19.1 Å². The third kappa shape index (κ3) is 4.61. The van der Waals surface area contributed by atoms with E-state index in [9.17, 15) is 9.59 Å². The first-order chi connectivity index (χ1) is 11.4. The predicted molar refractivity (Wildman–Crippen MR) is 91.2 cm³/mol. The van der Waals surface area contributed by atoms with Crippen LogP contribution in [0.3, 0.4) is 0 Å². The smallest absolute Gasteiger partial charge is 0.305 e. The fraction of sp³-hybridized carbons (Fsp3) is 0.353. The molecule has 2 rings (SSSR count). The number of amides is 1. The van der Waals surface area contributed by atoms with Crippen LogP contribution in [-0.2, 0) is 10.5 Å². The summed E-state index contributed by atoms with van der Waals surface area (Å²) in [7, 11) is 0. The molecule has 2 aromatic rings. The Kier molecular flexibility index (Phi) is 6.03. The molecule has 2 N–H and O–H groups in total. The lowest BCUT2D eigenvalue weighted by Gasteiger charge is -2.14. The molecule has 6 nitrogen and oxygen atoms in total. The minimum Gasteiger partial charge on any atom is -0.481 e. The number of nitrogens with one attached hydrogen (secondary N) is 1. The predicted octanol–water partition coefficient (Wildman–Crippen LogP) is 3.18. The Morgan fingerprint density at radius 2 is 2.04 bits per heavy atom. The highest BCUT2D eigenvalue weighted by atomic mass is 32.2. The van der Waals surface area contributed by atoms with Crippen molar-refractivity contribution in [1.29, 1.82) is 0 Å². The van der Waals surface area contributed by atoms with Crippen molar-refractivity contribution in [2.45, 2.75) is 43.9 Å². The standard InChI is InChI=1S/C17H20N2O4S/c1-10(8-16(20)21)18-17(22)13-6-4-5-7-15(13)24-9-14-11(2)19-23-12(14)3/h4-7,10H,8-9H2,1-3H3,(H,18,22)(H,20,21). The Hall–Kier alpha value is -2.28. The first-order valence-electron chi connectivity index (χ1n) is 7.54. The Morgan fingerprint density at radius 3 is 2.67 bits per heavy atom. The molecule has 0 fully saturated rings. The molecule has 1 amide bonds. The van der Waals surface area contributed by atoms with Crippen LogP contribution in [0.25, 0.3) is 0 Å². The molecular formula is C17H20N2O4S. The van der Waals surface area contributed by atoms with E-state index in [4.69, 9.17) is 9.63 Å². The van der Waals surface area contributed by atoms with Crippen molar-refractivity contribution in [2.24, 2.45) is 0 Å². The SMILES string of the molecule is Cc1noc(C)c1CSc1ccccc1C(=O)NC(C)CC(=O)O. The highest BCUT2D eigenvalue weighted by Crippen LogP contribution is 2.28. The van der Waals surface area contributed by atoms with Crippen LogP contribution in [0.1, 0.15) is 40.7 Å². The van der Waals surface area contributed by atoms with Crippen molar-refractivity contribution in [3.05, 3.63) is 46.8 Å². The molecule has 128 valence electrons. The van der Waals surface area contributed by atoms with Crippen LogP contribution >= 0.6 is 11.8 Å². The summed E-state index contributed by atoms with van der Waals surface area (Å²) in [5, 5.41) is 15.4. The van der Waals surface area contributed by atoms with E-state index in [1.807, 2.05) is 26.0 Å². The van der Waals surface area contributed by atoms with Crippen LogP contribution in [0.4, 0.5) is 0 Å². The van der Waals surface area contributed by atoms with Crippen LogP contribution in [0.2, 0.25) is 0 Å². The van der Waals surface area contributed by atoms with Crippen LogP contribution < -0.4 is 5.32 Å². The number of nitrogens with zero attached hydrogens (tertiary/aromatic N) is 1. The highest BCUT2D eigenvalue weighted by molar-refractivity contribution is 7.98. The van der Waals surface area contributed by atoms with E-state index < -0.39 is 12.0 Å². The molecule has 0 spiro atoms. The zero-order valence-electron chi connectivity index (χ0n) is 13.8. The van der Waals surface area contributed by atoms with Gasteiger partial charge in [-0.15, -0.1) is 11.8 Å². The second-order valence-electron chi connectivity index (χ2n) is 5.56. The number of aliphatic carboxylic acids is 1. The fourth-order valence-corrected chi connectivity index (χ4v) is 3.46. The fourth-order valence-electron chi connectivity index (χ4n) is 2.25. The molecule has 0 aliphatic carbocycles. The van der Waals surface area contributed by atoms with Gasteiger partial charge in [0.15, 0.2) is 0 Å². The van der Waals surface area contributed by atoms with Gasteiger partial charge in [-0.2, -0.15) is 0 Å². The zero-order chi connectivity index (χ0) is 17.7. The number of carbonyl (C=O) groups excluding carboxylic acids is 1. The number of carbonyl (C=O) groups is 2. The van der Waals surface area contributed by atoms with E-state index in [-0.39, 0.29) is 12.3 Å². The average Bonchev–Trinajstić information content (AvgIpc) is 2.83. The minimum absolute atomic E-state index is 0.111. The van der Waals surface area contributed by atoms with E-state index in [1.165, 1.54) is 11.8 Å². The van der Waals surface area contributed by atoms with Gasteiger partial charge in [0.1, 0.15) is 5.76 Å². The first-order valence-corrected chi connectivity index (χ1v) is 8.53. The molecule has 1 aromatic carbocycles. The third-order valence-corrected chi connectivity index (χ3v) is 4.64. The normalized spacial score (nSPS) is 12.0. The number of aromatic nitrogens is 1. The molecule has 0 bridgehead atoms. The third-order valence-electron chi connectivity index (χ3n) is 3.54. The number of rotatable bonds is 7. The molecule has 7 heteroatoms. The van der Waals surface area contributed by atoms with Gasteiger partial charge in [0.25, 0.3) is 5.91 Å². The van der Waals surface area contributed by atoms with Crippen LogP contribution in [0.15, 0.2) is 33.7 Å².